The first-order valence-electron chi connectivity index (χ1n) is 12.3. The maximum atomic E-state index is 12.6. The van der Waals surface area contributed by atoms with Gasteiger partial charge in [0.1, 0.15) is 12.4 Å². The average molecular weight is 584 g/mol. The normalized spacial score (nSPS) is 10.9. The number of para-hydroxylation sites is 1. The van der Waals surface area contributed by atoms with Crippen molar-refractivity contribution in [1.82, 2.24) is 10.4 Å². The number of nitrogens with zero attached hydrogens (tertiary/aromatic N) is 3. The lowest BCUT2D eigenvalue weighted by Gasteiger charge is -2.09. The number of hydrogen-bond acceptors (Lipinski definition) is 8. The molecule has 0 spiro atoms. The van der Waals surface area contributed by atoms with E-state index in [4.69, 9.17) is 16.3 Å². The molecule has 0 saturated heterocycles. The molecule has 0 unspecified atom stereocenters. The summed E-state index contributed by atoms with van der Waals surface area (Å²) in [6.45, 7) is 0.221. The lowest BCUT2D eigenvalue weighted by atomic mass is 10.1. The minimum Gasteiger partial charge on any atom is -0.488 e. The van der Waals surface area contributed by atoms with Crippen molar-refractivity contribution >= 4 is 51.6 Å². The number of hydrazone groups is 1. The van der Waals surface area contributed by atoms with Gasteiger partial charge in [-0.1, -0.05) is 35.9 Å². The summed E-state index contributed by atoms with van der Waals surface area (Å²) in [5.41, 5.74) is 7.01. The highest BCUT2D eigenvalue weighted by Gasteiger charge is 2.09. The van der Waals surface area contributed by atoms with Gasteiger partial charge in [-0.25, -0.2) is 10.4 Å². The van der Waals surface area contributed by atoms with Gasteiger partial charge in [-0.05, 0) is 66.2 Å². The number of rotatable bonds is 10. The Hall–Kier alpha value is -5.06. The van der Waals surface area contributed by atoms with Crippen LogP contribution in [0.15, 0.2) is 108 Å². The van der Waals surface area contributed by atoms with Crippen molar-refractivity contribution in [3.8, 4) is 17.0 Å². The fourth-order valence-electron chi connectivity index (χ4n) is 3.73. The summed E-state index contributed by atoms with van der Waals surface area (Å²) in [5.74, 6) is 0.196. The van der Waals surface area contributed by atoms with Crippen molar-refractivity contribution in [3.63, 3.8) is 0 Å². The molecule has 0 fully saturated rings. The smallest absolute Gasteiger partial charge is 0.271 e. The Bertz CT molecular complexity index is 1690. The van der Waals surface area contributed by atoms with Crippen molar-refractivity contribution in [2.24, 2.45) is 5.10 Å². The van der Waals surface area contributed by atoms with E-state index in [1.165, 1.54) is 29.7 Å². The molecule has 204 valence electrons. The molecule has 5 rings (SSSR count). The zero-order valence-electron chi connectivity index (χ0n) is 21.4. The molecule has 11 heteroatoms. The second kappa shape index (κ2) is 12.9. The number of carbonyl (C=O) groups is 1. The van der Waals surface area contributed by atoms with E-state index in [0.29, 0.717) is 21.9 Å². The third kappa shape index (κ3) is 7.33. The van der Waals surface area contributed by atoms with Crippen LogP contribution in [0.25, 0.3) is 11.3 Å². The molecule has 4 aromatic carbocycles. The quantitative estimate of drug-likeness (QED) is 0.100. The fourth-order valence-corrected chi connectivity index (χ4v) is 4.60. The Kier molecular flexibility index (Phi) is 8.63. The number of hydrogen-bond donors (Lipinski definition) is 2. The SMILES string of the molecule is O=C(N/N=C\c1ccccc1OCc1ccc([N+](=O)[O-])cc1)c1ccc(-c2csc(Nc3ccc(Cl)cc3)n2)cc1. The van der Waals surface area contributed by atoms with Crippen molar-refractivity contribution in [2.45, 2.75) is 6.61 Å². The summed E-state index contributed by atoms with van der Waals surface area (Å²) >= 11 is 7.42. The Balaban J connectivity index is 1.16. The number of halogens is 1. The number of non-ortho nitro benzene ring substituents is 1. The van der Waals surface area contributed by atoms with Crippen LogP contribution in [0, 0.1) is 10.1 Å². The first-order valence-corrected chi connectivity index (χ1v) is 13.6. The minimum atomic E-state index is -0.447. The van der Waals surface area contributed by atoms with E-state index >= 15 is 0 Å². The summed E-state index contributed by atoms with van der Waals surface area (Å²) in [6.07, 6.45) is 1.50. The summed E-state index contributed by atoms with van der Waals surface area (Å²) < 4.78 is 5.87. The van der Waals surface area contributed by atoms with Gasteiger partial charge in [-0.2, -0.15) is 5.10 Å². The van der Waals surface area contributed by atoms with E-state index in [1.807, 2.05) is 53.9 Å². The van der Waals surface area contributed by atoms with Crippen LogP contribution in [0.4, 0.5) is 16.5 Å². The number of carbonyl (C=O) groups excluding carboxylic acids is 1. The molecule has 1 amide bonds. The molecule has 0 radical (unpaired) electrons. The van der Waals surface area contributed by atoms with Gasteiger partial charge in [0.15, 0.2) is 5.13 Å². The molecule has 0 aliphatic rings. The number of anilines is 2. The fraction of sp³-hybridized carbons (Fsp3) is 0.0333. The van der Waals surface area contributed by atoms with Crippen LogP contribution in [0.1, 0.15) is 21.5 Å². The van der Waals surface area contributed by atoms with E-state index in [9.17, 15) is 14.9 Å². The van der Waals surface area contributed by atoms with E-state index in [2.05, 4.69) is 20.8 Å². The molecular weight excluding hydrogens is 562 g/mol. The first-order chi connectivity index (χ1) is 19.9. The maximum absolute atomic E-state index is 12.6. The minimum absolute atomic E-state index is 0.0199. The number of benzene rings is 4. The maximum Gasteiger partial charge on any atom is 0.271 e. The van der Waals surface area contributed by atoms with Gasteiger partial charge in [0.25, 0.3) is 11.6 Å². The molecule has 9 nitrogen and oxygen atoms in total. The van der Waals surface area contributed by atoms with E-state index in [0.717, 1.165) is 27.6 Å². The first kappa shape index (κ1) is 27.5. The van der Waals surface area contributed by atoms with Crippen molar-refractivity contribution < 1.29 is 14.5 Å². The van der Waals surface area contributed by atoms with Crippen molar-refractivity contribution in [3.05, 3.63) is 134 Å². The molecule has 0 aliphatic carbocycles. The van der Waals surface area contributed by atoms with Crippen LogP contribution < -0.4 is 15.5 Å². The van der Waals surface area contributed by atoms with Crippen LogP contribution in [-0.4, -0.2) is 22.0 Å². The van der Waals surface area contributed by atoms with Crippen molar-refractivity contribution in [1.29, 1.82) is 0 Å². The van der Waals surface area contributed by atoms with Crippen LogP contribution in [0.2, 0.25) is 5.02 Å². The molecule has 41 heavy (non-hydrogen) atoms. The molecule has 0 bridgehead atoms. The molecule has 2 N–H and O–H groups in total. The summed E-state index contributed by atoms with van der Waals surface area (Å²) in [5, 5.41) is 21.5. The Morgan fingerprint density at radius 2 is 1.73 bits per heavy atom. The lowest BCUT2D eigenvalue weighted by Crippen LogP contribution is -2.17. The molecule has 0 atom stereocenters. The highest BCUT2D eigenvalue weighted by molar-refractivity contribution is 7.14. The molecule has 1 aromatic heterocycles. The molecular formula is C30H22ClN5O4S. The standard InChI is InChI=1S/C30H22ClN5O4S/c31-24-11-13-25(14-12-24)33-30-34-27(19-41-30)21-7-9-22(10-8-21)29(37)35-32-17-23-3-1-2-4-28(23)40-18-20-5-15-26(16-6-20)36(38)39/h1-17,19H,18H2,(H,33,34)(H,35,37)/b32-17-. The highest BCUT2D eigenvalue weighted by Crippen LogP contribution is 2.28. The van der Waals surface area contributed by atoms with E-state index in [-0.39, 0.29) is 18.2 Å². The van der Waals surface area contributed by atoms with E-state index in [1.54, 1.807) is 36.4 Å². The number of nitrogens with one attached hydrogen (secondary N) is 2. The number of nitro benzene ring substituents is 1. The largest absolute Gasteiger partial charge is 0.488 e. The Labute approximate surface area is 244 Å². The second-order valence-electron chi connectivity index (χ2n) is 8.70. The zero-order chi connectivity index (χ0) is 28.6. The Morgan fingerprint density at radius 3 is 2.46 bits per heavy atom. The van der Waals surface area contributed by atoms with E-state index < -0.39 is 4.92 Å². The molecule has 0 aliphatic heterocycles. The Morgan fingerprint density at radius 1 is 1.00 bits per heavy atom. The predicted molar refractivity (Wildman–Crippen MR) is 161 cm³/mol. The molecule has 1 heterocycles. The van der Waals surface area contributed by atoms with Gasteiger partial charge < -0.3 is 10.1 Å². The van der Waals surface area contributed by atoms with Gasteiger partial charge in [-0.3, -0.25) is 14.9 Å². The zero-order valence-corrected chi connectivity index (χ0v) is 22.9. The molecule has 0 saturated carbocycles. The van der Waals surface area contributed by atoms with Crippen LogP contribution in [0.3, 0.4) is 0 Å². The number of thiazole rings is 1. The highest BCUT2D eigenvalue weighted by atomic mass is 35.5. The number of amides is 1. The monoisotopic (exact) mass is 583 g/mol. The third-order valence-electron chi connectivity index (χ3n) is 5.87. The van der Waals surface area contributed by atoms with Crippen LogP contribution in [-0.2, 0) is 6.61 Å². The van der Waals surface area contributed by atoms with Crippen LogP contribution >= 0.6 is 22.9 Å². The van der Waals surface area contributed by atoms with Crippen LogP contribution in [0.5, 0.6) is 5.75 Å². The van der Waals surface area contributed by atoms with Gasteiger partial charge in [0, 0.05) is 44.9 Å². The van der Waals surface area contributed by atoms with Gasteiger partial charge >= 0.3 is 0 Å². The summed E-state index contributed by atoms with van der Waals surface area (Å²) in [7, 11) is 0. The topological polar surface area (TPSA) is 119 Å². The average Bonchev–Trinajstić information content (AvgIpc) is 3.46. The van der Waals surface area contributed by atoms with Gasteiger partial charge in [0.2, 0.25) is 0 Å². The van der Waals surface area contributed by atoms with Gasteiger partial charge in [-0.15, -0.1) is 11.3 Å². The number of aromatic nitrogens is 1. The lowest BCUT2D eigenvalue weighted by molar-refractivity contribution is -0.384. The van der Waals surface area contributed by atoms with Gasteiger partial charge in [0.05, 0.1) is 16.8 Å². The second-order valence-corrected chi connectivity index (χ2v) is 9.99. The summed E-state index contributed by atoms with van der Waals surface area (Å²) in [6, 6.07) is 27.9. The van der Waals surface area contributed by atoms with Crippen molar-refractivity contribution in [2.75, 3.05) is 5.32 Å². The third-order valence-corrected chi connectivity index (χ3v) is 6.88. The number of ether oxygens (including phenoxy) is 1. The predicted octanol–water partition coefficient (Wildman–Crippen LogP) is 7.46. The molecule has 5 aromatic rings. The number of nitro groups is 1. The summed E-state index contributed by atoms with van der Waals surface area (Å²) in [4.78, 5) is 27.7.